The zero-order valence-corrected chi connectivity index (χ0v) is 11.9. The zero-order valence-electron chi connectivity index (χ0n) is 11.9. The van der Waals surface area contributed by atoms with Gasteiger partial charge < -0.3 is 5.32 Å². The van der Waals surface area contributed by atoms with Crippen molar-refractivity contribution in [2.24, 2.45) is 4.99 Å². The van der Waals surface area contributed by atoms with Gasteiger partial charge in [0.1, 0.15) is 5.82 Å². The van der Waals surface area contributed by atoms with Crippen LogP contribution in [0.1, 0.15) is 30.0 Å². The number of aliphatic imine (C=N–C) groups is 1. The average molecular weight is 282 g/mol. The molecule has 2 nitrogen and oxygen atoms in total. The topological polar surface area (TPSA) is 24.4 Å². The van der Waals surface area contributed by atoms with E-state index in [0.717, 1.165) is 37.2 Å². The Balaban J connectivity index is 1.83. The highest BCUT2D eigenvalue weighted by Crippen LogP contribution is 2.20. The second-order valence-electron chi connectivity index (χ2n) is 5.37. The van der Waals surface area contributed by atoms with Crippen molar-refractivity contribution >= 4 is 5.84 Å². The summed E-state index contributed by atoms with van der Waals surface area (Å²) >= 11 is 0. The number of benzene rings is 2. The van der Waals surface area contributed by atoms with Gasteiger partial charge in [0.05, 0.1) is 11.9 Å². The van der Waals surface area contributed by atoms with Gasteiger partial charge in [-0.25, -0.2) is 4.39 Å². The summed E-state index contributed by atoms with van der Waals surface area (Å²) in [5, 5.41) is 3.49. The van der Waals surface area contributed by atoms with Crippen molar-refractivity contribution in [3.05, 3.63) is 71.5 Å². The molecule has 2 aromatic carbocycles. The van der Waals surface area contributed by atoms with Crippen molar-refractivity contribution in [3.8, 4) is 0 Å². The third kappa shape index (κ3) is 3.69. The van der Waals surface area contributed by atoms with E-state index in [0.29, 0.717) is 0 Å². The van der Waals surface area contributed by atoms with Crippen LogP contribution in [0.5, 0.6) is 0 Å². The molecule has 0 amide bonds. The largest absolute Gasteiger partial charge is 0.367 e. The lowest BCUT2D eigenvalue weighted by molar-refractivity contribution is 0.603. The molecular formula is C18H19FN2. The highest BCUT2D eigenvalue weighted by molar-refractivity contribution is 5.83. The molecule has 0 aromatic heterocycles. The fourth-order valence-electron chi connectivity index (χ4n) is 2.68. The van der Waals surface area contributed by atoms with Crippen LogP contribution >= 0.6 is 0 Å². The molecule has 0 bridgehead atoms. The van der Waals surface area contributed by atoms with Gasteiger partial charge in [-0.05, 0) is 36.1 Å². The summed E-state index contributed by atoms with van der Waals surface area (Å²) in [5.41, 5.74) is 2.20. The molecule has 0 fully saturated rings. The number of rotatable bonds is 4. The lowest BCUT2D eigenvalue weighted by Gasteiger charge is -2.20. The van der Waals surface area contributed by atoms with Gasteiger partial charge in [-0.15, -0.1) is 0 Å². The Morgan fingerprint density at radius 2 is 1.95 bits per heavy atom. The quantitative estimate of drug-likeness (QED) is 0.904. The number of hydrogen-bond donors (Lipinski definition) is 1. The van der Waals surface area contributed by atoms with Crippen molar-refractivity contribution in [1.82, 2.24) is 5.32 Å². The lowest BCUT2D eigenvalue weighted by Crippen LogP contribution is -2.28. The van der Waals surface area contributed by atoms with Crippen molar-refractivity contribution in [3.63, 3.8) is 0 Å². The maximum atomic E-state index is 13.5. The van der Waals surface area contributed by atoms with Gasteiger partial charge >= 0.3 is 0 Å². The van der Waals surface area contributed by atoms with E-state index in [1.165, 1.54) is 11.6 Å². The smallest absolute Gasteiger partial charge is 0.123 e. The summed E-state index contributed by atoms with van der Waals surface area (Å²) in [5.74, 6) is 0.848. The third-order valence-electron chi connectivity index (χ3n) is 3.75. The fourth-order valence-corrected chi connectivity index (χ4v) is 2.68. The van der Waals surface area contributed by atoms with E-state index in [9.17, 15) is 4.39 Å². The van der Waals surface area contributed by atoms with E-state index in [-0.39, 0.29) is 11.9 Å². The van der Waals surface area contributed by atoms with Crippen molar-refractivity contribution in [2.45, 2.75) is 25.3 Å². The molecule has 1 heterocycles. The maximum Gasteiger partial charge on any atom is 0.123 e. The zero-order chi connectivity index (χ0) is 14.5. The molecule has 1 unspecified atom stereocenters. The Morgan fingerprint density at radius 3 is 2.67 bits per heavy atom. The van der Waals surface area contributed by atoms with E-state index in [2.05, 4.69) is 22.4 Å². The van der Waals surface area contributed by atoms with Crippen molar-refractivity contribution in [1.29, 1.82) is 0 Å². The Bertz CT molecular complexity index is 622. The van der Waals surface area contributed by atoms with E-state index in [1.54, 1.807) is 12.1 Å². The lowest BCUT2D eigenvalue weighted by atomic mass is 9.98. The van der Waals surface area contributed by atoms with E-state index >= 15 is 0 Å². The predicted molar refractivity (Wildman–Crippen MR) is 84.0 cm³/mol. The summed E-state index contributed by atoms with van der Waals surface area (Å²) in [6, 6.07) is 17.2. The first-order valence-electron chi connectivity index (χ1n) is 7.40. The van der Waals surface area contributed by atoms with Crippen LogP contribution in [0.2, 0.25) is 0 Å². The molecule has 0 saturated heterocycles. The van der Waals surface area contributed by atoms with Crippen molar-refractivity contribution < 1.29 is 4.39 Å². The Kier molecular flexibility index (Phi) is 4.29. The maximum absolute atomic E-state index is 13.5. The Labute approximate surface area is 124 Å². The number of halogens is 1. The van der Waals surface area contributed by atoms with Crippen LogP contribution in [0.3, 0.4) is 0 Å². The first-order chi connectivity index (χ1) is 10.3. The number of nitrogens with zero attached hydrogens (tertiary/aromatic N) is 1. The van der Waals surface area contributed by atoms with Crippen LogP contribution < -0.4 is 5.32 Å². The van der Waals surface area contributed by atoms with E-state index in [1.807, 2.05) is 24.3 Å². The van der Waals surface area contributed by atoms with Crippen LogP contribution in [0.4, 0.5) is 4.39 Å². The molecule has 1 aliphatic rings. The monoisotopic (exact) mass is 282 g/mol. The molecule has 0 saturated carbocycles. The summed E-state index contributed by atoms with van der Waals surface area (Å²) in [6.45, 7) is 0.892. The predicted octanol–water partition coefficient (Wildman–Crippen LogP) is 3.89. The van der Waals surface area contributed by atoms with Crippen molar-refractivity contribution in [2.75, 3.05) is 6.54 Å². The normalized spacial score (nSPS) is 15.6. The van der Waals surface area contributed by atoms with Gasteiger partial charge in [0.2, 0.25) is 0 Å². The molecule has 1 N–H and O–H groups in total. The molecule has 0 aliphatic carbocycles. The van der Waals surface area contributed by atoms with Gasteiger partial charge in [-0.2, -0.15) is 0 Å². The average Bonchev–Trinajstić information content (AvgIpc) is 3.01. The summed E-state index contributed by atoms with van der Waals surface area (Å²) in [6.07, 6.45) is 2.91. The minimum Gasteiger partial charge on any atom is -0.367 e. The molecule has 2 aromatic rings. The standard InChI is InChI=1S/C18H19FN2/c19-16-9-4-8-15(13-16)17(21-18-10-5-11-20-18)12-14-6-2-1-3-7-14/h1-4,6-9,13,17H,5,10-12H2,(H,20,21). The summed E-state index contributed by atoms with van der Waals surface area (Å²) < 4.78 is 13.5. The van der Waals surface area contributed by atoms with Gasteiger partial charge in [0, 0.05) is 13.0 Å². The molecule has 21 heavy (non-hydrogen) atoms. The Hall–Kier alpha value is -2.16. The first kappa shape index (κ1) is 13.8. The SMILES string of the molecule is Fc1cccc(C(Cc2ccccc2)NC2=NCCC2)c1. The summed E-state index contributed by atoms with van der Waals surface area (Å²) in [4.78, 5) is 4.48. The highest BCUT2D eigenvalue weighted by Gasteiger charge is 2.16. The van der Waals surface area contributed by atoms with Crippen LogP contribution in [0, 0.1) is 5.82 Å². The van der Waals surface area contributed by atoms with Crippen LogP contribution in [0.15, 0.2) is 59.6 Å². The first-order valence-corrected chi connectivity index (χ1v) is 7.40. The minimum atomic E-state index is -0.194. The van der Waals surface area contributed by atoms with Crippen LogP contribution in [-0.4, -0.2) is 12.4 Å². The third-order valence-corrected chi connectivity index (χ3v) is 3.75. The van der Waals surface area contributed by atoms with Gasteiger partial charge in [0.15, 0.2) is 0 Å². The number of amidine groups is 1. The Morgan fingerprint density at radius 1 is 1.10 bits per heavy atom. The second kappa shape index (κ2) is 6.53. The molecular weight excluding hydrogens is 263 g/mol. The number of nitrogens with one attached hydrogen (secondary N) is 1. The van der Waals surface area contributed by atoms with Gasteiger partial charge in [0.25, 0.3) is 0 Å². The van der Waals surface area contributed by atoms with Crippen LogP contribution in [0.25, 0.3) is 0 Å². The van der Waals surface area contributed by atoms with Crippen LogP contribution in [-0.2, 0) is 6.42 Å². The molecule has 1 aliphatic heterocycles. The molecule has 3 heteroatoms. The van der Waals surface area contributed by atoms with E-state index in [4.69, 9.17) is 0 Å². The summed E-state index contributed by atoms with van der Waals surface area (Å²) in [7, 11) is 0. The molecule has 1 atom stereocenters. The highest BCUT2D eigenvalue weighted by atomic mass is 19.1. The van der Waals surface area contributed by atoms with Gasteiger partial charge in [-0.1, -0.05) is 42.5 Å². The molecule has 3 rings (SSSR count). The second-order valence-corrected chi connectivity index (χ2v) is 5.37. The number of hydrogen-bond acceptors (Lipinski definition) is 2. The molecule has 0 radical (unpaired) electrons. The minimum absolute atomic E-state index is 0.0555. The van der Waals surface area contributed by atoms with E-state index < -0.39 is 0 Å². The molecule has 108 valence electrons. The van der Waals surface area contributed by atoms with Gasteiger partial charge in [-0.3, -0.25) is 4.99 Å². The fraction of sp³-hybridized carbons (Fsp3) is 0.278. The molecule has 0 spiro atoms.